The zero-order valence-corrected chi connectivity index (χ0v) is 22.8. The van der Waals surface area contributed by atoms with Gasteiger partial charge in [0.2, 0.25) is 15.9 Å². The molecule has 194 valence electrons. The predicted octanol–water partition coefficient (Wildman–Crippen LogP) is 3.50. The number of nitrogens with zero attached hydrogens (tertiary/aromatic N) is 3. The highest BCUT2D eigenvalue weighted by Gasteiger charge is 2.19. The van der Waals surface area contributed by atoms with Crippen molar-refractivity contribution in [3.8, 4) is 0 Å². The lowest BCUT2D eigenvalue weighted by molar-refractivity contribution is -0.113. The largest absolute Gasteiger partial charge is 0.379 e. The van der Waals surface area contributed by atoms with Gasteiger partial charge in [0.15, 0.2) is 5.16 Å². The molecule has 0 unspecified atom stereocenters. The molecule has 0 saturated carbocycles. The number of hydrogen-bond acceptors (Lipinski definition) is 7. The molecule has 0 spiro atoms. The van der Waals surface area contributed by atoms with Gasteiger partial charge in [0.25, 0.3) is 5.56 Å². The maximum absolute atomic E-state index is 13.2. The van der Waals surface area contributed by atoms with E-state index in [0.29, 0.717) is 41.3 Å². The minimum absolute atomic E-state index is 0.00261. The number of carbonyl (C=O) groups is 1. The van der Waals surface area contributed by atoms with Crippen LogP contribution in [-0.4, -0.2) is 60.7 Å². The van der Waals surface area contributed by atoms with Crippen molar-refractivity contribution in [1.82, 2.24) is 13.9 Å². The van der Waals surface area contributed by atoms with Crippen LogP contribution >= 0.6 is 11.8 Å². The first-order chi connectivity index (χ1) is 17.0. The molecule has 1 N–H and O–H groups in total. The van der Waals surface area contributed by atoms with Crippen molar-refractivity contribution < 1.29 is 17.9 Å². The van der Waals surface area contributed by atoms with E-state index in [1.807, 2.05) is 19.9 Å². The number of sulfonamides is 1. The fourth-order valence-corrected chi connectivity index (χ4v) is 5.17. The fraction of sp³-hybridized carbons (Fsp3) is 0.400. The quantitative estimate of drug-likeness (QED) is 0.229. The summed E-state index contributed by atoms with van der Waals surface area (Å²) >= 11 is 1.16. The number of hydrogen-bond donors (Lipinski definition) is 1. The highest BCUT2D eigenvalue weighted by molar-refractivity contribution is 7.99. The third kappa shape index (κ3) is 6.73. The summed E-state index contributed by atoms with van der Waals surface area (Å²) in [5.41, 5.74) is 1.55. The maximum atomic E-state index is 13.2. The molecule has 0 radical (unpaired) electrons. The van der Waals surface area contributed by atoms with Crippen LogP contribution in [0.1, 0.15) is 25.8 Å². The Bertz CT molecular complexity index is 1400. The first-order valence-electron chi connectivity index (χ1n) is 11.6. The number of ether oxygens (including phenoxy) is 1. The van der Waals surface area contributed by atoms with E-state index in [4.69, 9.17) is 4.74 Å². The zero-order valence-electron chi connectivity index (χ0n) is 21.1. The highest BCUT2D eigenvalue weighted by Crippen LogP contribution is 2.23. The number of aryl methyl sites for hydroxylation is 1. The van der Waals surface area contributed by atoms with Crippen LogP contribution in [0, 0.1) is 6.92 Å². The van der Waals surface area contributed by atoms with Crippen LogP contribution in [0.3, 0.4) is 0 Å². The highest BCUT2D eigenvalue weighted by atomic mass is 32.2. The molecule has 11 heteroatoms. The number of benzene rings is 2. The number of thioether (sulfide) groups is 1. The molecule has 3 aromatic rings. The van der Waals surface area contributed by atoms with Gasteiger partial charge in [-0.05, 0) is 57.0 Å². The topological polar surface area (TPSA) is 111 Å². The Morgan fingerprint density at radius 2 is 1.92 bits per heavy atom. The molecule has 0 aliphatic rings. The molecular formula is C25H32N4O5S2. The van der Waals surface area contributed by atoms with E-state index < -0.39 is 10.0 Å². The van der Waals surface area contributed by atoms with Crippen molar-refractivity contribution in [3.05, 3.63) is 58.4 Å². The average molecular weight is 533 g/mol. The lowest BCUT2D eigenvalue weighted by Gasteiger charge is -2.15. The molecule has 1 amide bonds. The SMILES string of the molecule is Cc1ccc(S(=O)(=O)N(C)C)cc1NC(=O)CSc1nc2ccccc2c(=O)n1CCCOC(C)C. The number of amides is 1. The molecule has 1 heterocycles. The van der Waals surface area contributed by atoms with E-state index in [2.05, 4.69) is 10.3 Å². The monoisotopic (exact) mass is 532 g/mol. The van der Waals surface area contributed by atoms with E-state index in [0.717, 1.165) is 21.6 Å². The summed E-state index contributed by atoms with van der Waals surface area (Å²) in [6, 6.07) is 11.7. The van der Waals surface area contributed by atoms with Crippen molar-refractivity contribution in [2.45, 2.75) is 49.9 Å². The second-order valence-electron chi connectivity index (χ2n) is 8.74. The Morgan fingerprint density at radius 1 is 1.19 bits per heavy atom. The second-order valence-corrected chi connectivity index (χ2v) is 11.8. The van der Waals surface area contributed by atoms with E-state index in [1.165, 1.54) is 26.2 Å². The van der Waals surface area contributed by atoms with Crippen LogP contribution in [0.4, 0.5) is 5.69 Å². The van der Waals surface area contributed by atoms with Crippen LogP contribution in [0.25, 0.3) is 10.9 Å². The Labute approximate surface area is 215 Å². The van der Waals surface area contributed by atoms with Crippen LogP contribution in [-0.2, 0) is 26.1 Å². The smallest absolute Gasteiger partial charge is 0.262 e. The van der Waals surface area contributed by atoms with Gasteiger partial charge in [0.1, 0.15) is 0 Å². The number of fused-ring (bicyclic) bond motifs is 1. The number of carbonyl (C=O) groups excluding carboxylic acids is 1. The summed E-state index contributed by atoms with van der Waals surface area (Å²) in [6.45, 7) is 6.62. The molecule has 0 fully saturated rings. The number of nitrogens with one attached hydrogen (secondary N) is 1. The lowest BCUT2D eigenvalue weighted by Crippen LogP contribution is -2.25. The van der Waals surface area contributed by atoms with Gasteiger partial charge in [-0.1, -0.05) is 30.0 Å². The first-order valence-corrected chi connectivity index (χ1v) is 14.0. The van der Waals surface area contributed by atoms with Gasteiger partial charge in [-0.2, -0.15) is 0 Å². The number of anilines is 1. The minimum atomic E-state index is -3.64. The van der Waals surface area contributed by atoms with E-state index in [1.54, 1.807) is 35.8 Å². The van der Waals surface area contributed by atoms with E-state index in [-0.39, 0.29) is 28.2 Å². The molecule has 0 aliphatic heterocycles. The van der Waals surface area contributed by atoms with Gasteiger partial charge in [0, 0.05) is 32.9 Å². The van der Waals surface area contributed by atoms with Crippen LogP contribution in [0.15, 0.2) is 57.3 Å². The van der Waals surface area contributed by atoms with E-state index in [9.17, 15) is 18.0 Å². The normalized spacial score (nSPS) is 12.0. The van der Waals surface area contributed by atoms with Gasteiger partial charge >= 0.3 is 0 Å². The molecule has 9 nitrogen and oxygen atoms in total. The molecule has 36 heavy (non-hydrogen) atoms. The van der Waals surface area contributed by atoms with Crippen LogP contribution in [0.2, 0.25) is 0 Å². The van der Waals surface area contributed by atoms with Crippen LogP contribution < -0.4 is 10.9 Å². The third-order valence-corrected chi connectivity index (χ3v) is 8.19. The summed E-state index contributed by atoms with van der Waals surface area (Å²) in [5, 5.41) is 3.75. The van der Waals surface area contributed by atoms with Crippen molar-refractivity contribution in [2.75, 3.05) is 31.8 Å². The van der Waals surface area contributed by atoms with Gasteiger partial charge < -0.3 is 10.1 Å². The zero-order chi connectivity index (χ0) is 26.5. The average Bonchev–Trinajstić information content (AvgIpc) is 2.82. The van der Waals surface area contributed by atoms with Crippen molar-refractivity contribution in [2.24, 2.45) is 0 Å². The van der Waals surface area contributed by atoms with E-state index >= 15 is 0 Å². The lowest BCUT2D eigenvalue weighted by atomic mass is 10.2. The molecule has 1 aromatic heterocycles. The molecule has 0 aliphatic carbocycles. The molecule has 2 aromatic carbocycles. The van der Waals surface area contributed by atoms with Crippen LogP contribution in [0.5, 0.6) is 0 Å². The molecule has 3 rings (SSSR count). The first kappa shape index (κ1) is 27.9. The van der Waals surface area contributed by atoms with Gasteiger partial charge in [-0.25, -0.2) is 17.7 Å². The predicted molar refractivity (Wildman–Crippen MR) is 143 cm³/mol. The molecule has 0 atom stereocenters. The summed E-state index contributed by atoms with van der Waals surface area (Å²) in [4.78, 5) is 30.7. The Morgan fingerprint density at radius 3 is 2.61 bits per heavy atom. The summed E-state index contributed by atoms with van der Waals surface area (Å²) < 4.78 is 33.3. The molecule has 0 bridgehead atoms. The number of rotatable bonds is 11. The fourth-order valence-electron chi connectivity index (χ4n) is 3.42. The van der Waals surface area contributed by atoms with Crippen molar-refractivity contribution in [3.63, 3.8) is 0 Å². The standard InChI is InChI=1S/C25H32N4O5S2/c1-17(2)34-14-8-13-29-24(31)20-9-6-7-10-21(20)27-25(29)35-16-23(30)26-22-15-19(12-11-18(22)3)36(32,33)28(4)5/h6-7,9-12,15,17H,8,13-14,16H2,1-5H3,(H,26,30). The van der Waals surface area contributed by atoms with Crippen molar-refractivity contribution in [1.29, 1.82) is 0 Å². The second kappa shape index (κ2) is 12.0. The Kier molecular flexibility index (Phi) is 9.29. The van der Waals surface area contributed by atoms with Gasteiger partial charge in [0.05, 0.1) is 27.7 Å². The summed E-state index contributed by atoms with van der Waals surface area (Å²) in [7, 11) is -0.729. The summed E-state index contributed by atoms with van der Waals surface area (Å²) in [6.07, 6.45) is 0.730. The maximum Gasteiger partial charge on any atom is 0.262 e. The third-order valence-electron chi connectivity index (χ3n) is 5.40. The molecular weight excluding hydrogens is 500 g/mol. The number of para-hydroxylation sites is 1. The Hall–Kier alpha value is -2.73. The molecule has 0 saturated heterocycles. The minimum Gasteiger partial charge on any atom is -0.379 e. The Balaban J connectivity index is 1.79. The van der Waals surface area contributed by atoms with Crippen molar-refractivity contribution >= 4 is 44.3 Å². The number of aromatic nitrogens is 2. The van der Waals surface area contributed by atoms with Gasteiger partial charge in [-0.15, -0.1) is 0 Å². The summed E-state index contributed by atoms with van der Waals surface area (Å²) in [5.74, 6) is -0.336. The van der Waals surface area contributed by atoms with Gasteiger partial charge in [-0.3, -0.25) is 14.2 Å².